The summed E-state index contributed by atoms with van der Waals surface area (Å²) in [5.74, 6) is 0.903. The minimum Gasteiger partial charge on any atom is -0.534 e. The van der Waals surface area contributed by atoms with Crippen LogP contribution >= 0.6 is 0 Å². The molecular weight excluding hydrogens is 268 g/mol. The van der Waals surface area contributed by atoms with Gasteiger partial charge >= 0.3 is 17.1 Å². The average molecular weight is 284 g/mol. The van der Waals surface area contributed by atoms with E-state index in [9.17, 15) is 0 Å². The molecule has 0 amide bonds. The number of hydrogen-bond donors (Lipinski definition) is 0. The van der Waals surface area contributed by atoms with Crippen LogP contribution in [0, 0.1) is 0 Å². The zero-order chi connectivity index (χ0) is 11.9. The molecular formula is C15H16FeO2. The van der Waals surface area contributed by atoms with E-state index < -0.39 is 0 Å². The second kappa shape index (κ2) is 7.93. The van der Waals surface area contributed by atoms with Gasteiger partial charge in [-0.05, 0) is 0 Å². The topological polar surface area (TPSA) is 21.8 Å². The molecule has 0 aliphatic carbocycles. The number of ether oxygens (including phenoxy) is 2. The molecule has 0 spiro atoms. The van der Waals surface area contributed by atoms with Gasteiger partial charge in [0.25, 0.3) is 0 Å². The molecule has 0 bridgehead atoms. The van der Waals surface area contributed by atoms with Crippen LogP contribution in [0.3, 0.4) is 0 Å². The molecule has 1 saturated heterocycles. The van der Waals surface area contributed by atoms with Crippen molar-refractivity contribution < 1.29 is 26.5 Å². The molecule has 1 aliphatic heterocycles. The van der Waals surface area contributed by atoms with E-state index in [0.29, 0.717) is 12.7 Å². The molecule has 0 saturated carbocycles. The van der Waals surface area contributed by atoms with E-state index in [2.05, 4.69) is 6.58 Å². The van der Waals surface area contributed by atoms with E-state index in [-0.39, 0.29) is 17.1 Å². The third-order valence-electron chi connectivity index (χ3n) is 2.41. The minimum absolute atomic E-state index is 0. The zero-order valence-electron chi connectivity index (χ0n) is 10.1. The van der Waals surface area contributed by atoms with Crippen molar-refractivity contribution in [3.63, 3.8) is 0 Å². The standard InChI is InChI=1S/C10H11O2.C5H5.Fe/c1-2-8-4-3-5-10(8)12-7-9-6-11-9;1-2-4-5-3-1;/h2-5,9H,1,6-7H2;1-5H;/q2*-1;+2. The third kappa shape index (κ3) is 4.92. The Morgan fingerprint density at radius 1 is 1.44 bits per heavy atom. The second-order valence-electron chi connectivity index (χ2n) is 3.78. The SMILES string of the molecule is C=Cc1ccc[c-]1OCC1CO1.[Fe+2].c1cc[cH-]c1. The van der Waals surface area contributed by atoms with Crippen LogP contribution in [0.1, 0.15) is 5.56 Å². The van der Waals surface area contributed by atoms with E-state index in [1.165, 1.54) is 0 Å². The Bertz CT molecular complexity index is 410. The van der Waals surface area contributed by atoms with Crippen molar-refractivity contribution in [1.29, 1.82) is 0 Å². The zero-order valence-corrected chi connectivity index (χ0v) is 11.2. The normalized spacial score (nSPS) is 15.9. The monoisotopic (exact) mass is 284 g/mol. The first kappa shape index (κ1) is 14.8. The molecule has 0 aromatic heterocycles. The van der Waals surface area contributed by atoms with E-state index in [1.807, 2.05) is 48.5 Å². The molecule has 3 heteroatoms. The molecule has 1 atom stereocenters. The van der Waals surface area contributed by atoms with Gasteiger partial charge in [0, 0.05) is 5.75 Å². The third-order valence-corrected chi connectivity index (χ3v) is 2.41. The molecule has 1 heterocycles. The van der Waals surface area contributed by atoms with Gasteiger partial charge in [0.05, 0.1) is 6.61 Å². The van der Waals surface area contributed by atoms with Crippen LogP contribution in [0.4, 0.5) is 0 Å². The van der Waals surface area contributed by atoms with Gasteiger partial charge < -0.3 is 9.47 Å². The van der Waals surface area contributed by atoms with Crippen LogP contribution in [-0.4, -0.2) is 19.3 Å². The summed E-state index contributed by atoms with van der Waals surface area (Å²) in [7, 11) is 0. The number of hydrogen-bond acceptors (Lipinski definition) is 2. The van der Waals surface area contributed by atoms with E-state index in [4.69, 9.17) is 9.47 Å². The molecule has 0 radical (unpaired) electrons. The Balaban J connectivity index is 0.000000230. The maximum Gasteiger partial charge on any atom is 2.00 e. The fraction of sp³-hybridized carbons (Fsp3) is 0.200. The summed E-state index contributed by atoms with van der Waals surface area (Å²) in [5, 5.41) is 0. The van der Waals surface area contributed by atoms with Gasteiger partial charge in [0.2, 0.25) is 0 Å². The fourth-order valence-electron chi connectivity index (χ4n) is 1.39. The van der Waals surface area contributed by atoms with Crippen molar-refractivity contribution in [1.82, 2.24) is 0 Å². The molecule has 2 aromatic rings. The Morgan fingerprint density at radius 3 is 2.67 bits per heavy atom. The summed E-state index contributed by atoms with van der Waals surface area (Å²) in [4.78, 5) is 0. The second-order valence-corrected chi connectivity index (χ2v) is 3.78. The van der Waals surface area contributed by atoms with Gasteiger partial charge in [-0.1, -0.05) is 0 Å². The van der Waals surface area contributed by atoms with Crippen molar-refractivity contribution >= 4 is 6.08 Å². The van der Waals surface area contributed by atoms with Gasteiger partial charge in [0.1, 0.15) is 12.7 Å². The van der Waals surface area contributed by atoms with E-state index >= 15 is 0 Å². The summed E-state index contributed by atoms with van der Waals surface area (Å²) in [6, 6.07) is 15.9. The predicted molar refractivity (Wildman–Crippen MR) is 69.4 cm³/mol. The van der Waals surface area contributed by atoms with Crippen molar-refractivity contribution in [3.8, 4) is 5.75 Å². The van der Waals surface area contributed by atoms with Crippen LogP contribution in [0.5, 0.6) is 5.75 Å². The summed E-state index contributed by atoms with van der Waals surface area (Å²) in [5.41, 5.74) is 1.05. The molecule has 96 valence electrons. The first-order chi connectivity index (χ1) is 8.40. The molecule has 2 nitrogen and oxygen atoms in total. The van der Waals surface area contributed by atoms with E-state index in [1.54, 1.807) is 6.08 Å². The van der Waals surface area contributed by atoms with Crippen LogP contribution in [0.15, 0.2) is 55.1 Å². The van der Waals surface area contributed by atoms with Crippen molar-refractivity contribution in [3.05, 3.63) is 60.7 Å². The summed E-state index contributed by atoms with van der Waals surface area (Å²) >= 11 is 0. The fourth-order valence-corrected chi connectivity index (χ4v) is 1.39. The average Bonchev–Trinajstić information content (AvgIpc) is 2.89. The first-order valence-electron chi connectivity index (χ1n) is 5.69. The van der Waals surface area contributed by atoms with Crippen molar-refractivity contribution in [2.75, 3.05) is 13.2 Å². The molecule has 1 aliphatic rings. The minimum atomic E-state index is 0. The molecule has 18 heavy (non-hydrogen) atoms. The predicted octanol–water partition coefficient (Wildman–Crippen LogP) is 3.23. The molecule has 3 rings (SSSR count). The van der Waals surface area contributed by atoms with Gasteiger partial charge in [-0.2, -0.15) is 30.3 Å². The van der Waals surface area contributed by atoms with Gasteiger partial charge in [-0.25, -0.2) is 12.1 Å². The Hall–Kier alpha value is -1.28. The summed E-state index contributed by atoms with van der Waals surface area (Å²) < 4.78 is 10.5. The molecule has 1 unspecified atom stereocenters. The van der Waals surface area contributed by atoms with Crippen molar-refractivity contribution in [2.24, 2.45) is 0 Å². The Kier molecular flexibility index (Phi) is 6.51. The summed E-state index contributed by atoms with van der Waals surface area (Å²) in [6.07, 6.45) is 2.11. The summed E-state index contributed by atoms with van der Waals surface area (Å²) in [6.45, 7) is 5.19. The Labute approximate surface area is 118 Å². The first-order valence-corrected chi connectivity index (χ1v) is 5.69. The largest absolute Gasteiger partial charge is 2.00 e. The number of epoxide rings is 1. The van der Waals surface area contributed by atoms with Crippen LogP contribution in [-0.2, 0) is 21.8 Å². The molecule has 2 aromatic carbocycles. The van der Waals surface area contributed by atoms with Gasteiger partial charge in [-0.3, -0.25) is 0 Å². The quantitative estimate of drug-likeness (QED) is 0.488. The molecule has 1 fully saturated rings. The van der Waals surface area contributed by atoms with Gasteiger partial charge in [0.15, 0.2) is 0 Å². The van der Waals surface area contributed by atoms with Crippen molar-refractivity contribution in [2.45, 2.75) is 6.10 Å². The smallest absolute Gasteiger partial charge is 0.534 e. The maximum atomic E-state index is 5.50. The maximum absolute atomic E-state index is 5.50. The Morgan fingerprint density at radius 2 is 2.17 bits per heavy atom. The van der Waals surface area contributed by atoms with Crippen LogP contribution < -0.4 is 4.74 Å². The van der Waals surface area contributed by atoms with Gasteiger partial charge in [-0.15, -0.1) is 24.3 Å². The van der Waals surface area contributed by atoms with Crippen LogP contribution in [0.2, 0.25) is 0 Å². The van der Waals surface area contributed by atoms with Crippen LogP contribution in [0.25, 0.3) is 6.08 Å². The molecule has 0 N–H and O–H groups in total. The number of rotatable bonds is 4. The van der Waals surface area contributed by atoms with E-state index in [0.717, 1.165) is 17.9 Å².